The van der Waals surface area contributed by atoms with Crippen molar-refractivity contribution in [3.05, 3.63) is 23.3 Å². The van der Waals surface area contributed by atoms with Crippen molar-refractivity contribution in [2.45, 2.75) is 96.5 Å². The van der Waals surface area contributed by atoms with E-state index < -0.39 is 11.6 Å². The first-order chi connectivity index (χ1) is 13.5. The summed E-state index contributed by atoms with van der Waals surface area (Å²) in [4.78, 5) is 11.1. The van der Waals surface area contributed by atoms with E-state index in [9.17, 15) is 15.0 Å². The van der Waals surface area contributed by atoms with Crippen LogP contribution < -0.4 is 4.74 Å². The van der Waals surface area contributed by atoms with Crippen molar-refractivity contribution < 1.29 is 24.9 Å². The zero-order chi connectivity index (χ0) is 21.8. The summed E-state index contributed by atoms with van der Waals surface area (Å²) in [6.07, 6.45) is 6.20. The molecule has 0 saturated heterocycles. The first kappa shape index (κ1) is 23.5. The maximum Gasteiger partial charge on any atom is 0.303 e. The average Bonchev–Trinajstić information content (AvgIpc) is 2.62. The molecule has 29 heavy (non-hydrogen) atoms. The van der Waals surface area contributed by atoms with Gasteiger partial charge < -0.3 is 20.1 Å². The third-order valence-electron chi connectivity index (χ3n) is 6.55. The Balaban J connectivity index is 2.36. The predicted octanol–water partition coefficient (Wildman–Crippen LogP) is 5.37. The molecular weight excluding hydrogens is 368 g/mol. The van der Waals surface area contributed by atoms with Crippen molar-refractivity contribution in [3.8, 4) is 11.5 Å². The lowest BCUT2D eigenvalue weighted by Gasteiger charge is -2.45. The summed E-state index contributed by atoms with van der Waals surface area (Å²) >= 11 is 0. The van der Waals surface area contributed by atoms with E-state index in [1.54, 1.807) is 6.07 Å². The summed E-state index contributed by atoms with van der Waals surface area (Å²) in [6.45, 7) is 10.3. The minimum Gasteiger partial charge on any atom is -0.508 e. The molecule has 1 aromatic carbocycles. The molecule has 5 nitrogen and oxygen atoms in total. The first-order valence-electron chi connectivity index (χ1n) is 10.9. The first-order valence-corrected chi connectivity index (χ1v) is 10.9. The summed E-state index contributed by atoms with van der Waals surface area (Å²) in [6, 6.07) is 3.81. The van der Waals surface area contributed by atoms with Gasteiger partial charge in [-0.3, -0.25) is 4.79 Å². The van der Waals surface area contributed by atoms with Crippen molar-refractivity contribution in [1.82, 2.24) is 0 Å². The van der Waals surface area contributed by atoms with Crippen molar-refractivity contribution in [2.24, 2.45) is 5.92 Å². The predicted molar refractivity (Wildman–Crippen MR) is 115 cm³/mol. The van der Waals surface area contributed by atoms with E-state index >= 15 is 0 Å². The van der Waals surface area contributed by atoms with Gasteiger partial charge in [0.15, 0.2) is 0 Å². The summed E-state index contributed by atoms with van der Waals surface area (Å²) < 4.78 is 6.29. The Labute approximate surface area is 175 Å². The fourth-order valence-electron chi connectivity index (χ4n) is 4.69. The van der Waals surface area contributed by atoms with Crippen LogP contribution in [0.25, 0.3) is 0 Å². The van der Waals surface area contributed by atoms with E-state index in [1.807, 2.05) is 19.9 Å². The molecule has 0 aromatic heterocycles. The highest BCUT2D eigenvalue weighted by Crippen LogP contribution is 2.51. The molecule has 0 bridgehead atoms. The van der Waals surface area contributed by atoms with Gasteiger partial charge in [0.1, 0.15) is 17.1 Å². The largest absolute Gasteiger partial charge is 0.508 e. The molecule has 1 aliphatic heterocycles. The molecule has 0 fully saturated rings. The van der Waals surface area contributed by atoms with Crippen LogP contribution in [-0.4, -0.2) is 33.5 Å². The van der Waals surface area contributed by atoms with Gasteiger partial charge in [-0.05, 0) is 49.8 Å². The number of aliphatic hydroxyl groups is 1. The molecular formula is C24H38O5. The number of unbranched alkanes of at least 4 members (excludes halogenated alkanes) is 3. The molecule has 2 atom stereocenters. The third kappa shape index (κ3) is 5.44. The minimum atomic E-state index is -0.868. The molecule has 1 aromatic rings. The molecule has 2 unspecified atom stereocenters. The van der Waals surface area contributed by atoms with E-state index in [0.29, 0.717) is 17.7 Å². The van der Waals surface area contributed by atoms with Crippen molar-refractivity contribution >= 4 is 5.97 Å². The molecule has 0 aliphatic carbocycles. The van der Waals surface area contributed by atoms with Crippen LogP contribution in [0.2, 0.25) is 0 Å². The topological polar surface area (TPSA) is 87.0 Å². The van der Waals surface area contributed by atoms with Gasteiger partial charge >= 0.3 is 5.97 Å². The lowest BCUT2D eigenvalue weighted by atomic mass is 9.70. The summed E-state index contributed by atoms with van der Waals surface area (Å²) in [7, 11) is 0. The fourth-order valence-corrected chi connectivity index (χ4v) is 4.69. The molecule has 1 heterocycles. The molecule has 3 N–H and O–H groups in total. The van der Waals surface area contributed by atoms with Gasteiger partial charge in [0.2, 0.25) is 0 Å². The maximum atomic E-state index is 11.1. The second-order valence-electron chi connectivity index (χ2n) is 9.64. The van der Waals surface area contributed by atoms with Gasteiger partial charge in [-0.2, -0.15) is 0 Å². The number of hydrogen-bond acceptors (Lipinski definition) is 4. The van der Waals surface area contributed by atoms with Gasteiger partial charge in [-0.15, -0.1) is 0 Å². The van der Waals surface area contributed by atoms with Crippen LogP contribution in [0.5, 0.6) is 11.5 Å². The Morgan fingerprint density at radius 3 is 2.48 bits per heavy atom. The monoisotopic (exact) mass is 406 g/mol. The summed E-state index contributed by atoms with van der Waals surface area (Å²) in [5.74, 6) is -0.677. The Kier molecular flexibility index (Phi) is 7.61. The van der Waals surface area contributed by atoms with E-state index in [2.05, 4.69) is 20.8 Å². The van der Waals surface area contributed by atoms with Gasteiger partial charge in [0.05, 0.1) is 6.61 Å². The standard InChI is InChI=1S/C24H38O5/c1-6-7-8-9-12-23(2,3)16-13-19(26)22-17(15-25)18(10-11-21(27)28)24(4,5)29-20(22)14-16/h13-14,17-18,25-26H,6-12,15H2,1-5H3,(H,27,28). The van der Waals surface area contributed by atoms with Crippen LogP contribution in [-0.2, 0) is 10.2 Å². The number of hydrogen-bond donors (Lipinski definition) is 3. The lowest BCUT2D eigenvalue weighted by Crippen LogP contribution is -2.46. The number of fused-ring (bicyclic) bond motifs is 1. The number of aliphatic hydroxyl groups excluding tert-OH is 1. The van der Waals surface area contributed by atoms with E-state index in [1.165, 1.54) is 19.3 Å². The van der Waals surface area contributed by atoms with Crippen LogP contribution in [0.3, 0.4) is 0 Å². The molecule has 0 spiro atoms. The summed E-state index contributed by atoms with van der Waals surface area (Å²) in [5, 5.41) is 30.1. The highest BCUT2D eigenvalue weighted by Gasteiger charge is 2.45. The molecule has 1 aliphatic rings. The number of carboxylic acid groups (broad SMARTS) is 1. The van der Waals surface area contributed by atoms with Crippen LogP contribution in [0.4, 0.5) is 0 Å². The number of phenols is 1. The SMILES string of the molecule is CCCCCCC(C)(C)c1cc(O)c2c(c1)OC(C)(C)C(CCC(=O)O)C2CO. The minimum absolute atomic E-state index is 0.00687. The molecule has 5 heteroatoms. The summed E-state index contributed by atoms with van der Waals surface area (Å²) in [5.41, 5.74) is 0.906. The quantitative estimate of drug-likeness (QED) is 0.455. The number of phenolic OH excluding ortho intramolecular Hbond substituents is 1. The zero-order valence-electron chi connectivity index (χ0n) is 18.6. The van der Waals surface area contributed by atoms with Crippen molar-refractivity contribution in [3.63, 3.8) is 0 Å². The number of aliphatic carboxylic acids is 1. The number of carbonyl (C=O) groups is 1. The molecule has 2 rings (SSSR count). The Morgan fingerprint density at radius 1 is 1.21 bits per heavy atom. The van der Waals surface area contributed by atoms with Gasteiger partial charge in [0.25, 0.3) is 0 Å². The Hall–Kier alpha value is -1.75. The maximum absolute atomic E-state index is 11.1. The molecule has 0 saturated carbocycles. The van der Waals surface area contributed by atoms with Gasteiger partial charge in [0, 0.05) is 23.8 Å². The second-order valence-corrected chi connectivity index (χ2v) is 9.64. The van der Waals surface area contributed by atoms with Crippen LogP contribution in [0.15, 0.2) is 12.1 Å². The van der Waals surface area contributed by atoms with Crippen molar-refractivity contribution in [1.29, 1.82) is 0 Å². The Bertz CT molecular complexity index is 707. The van der Waals surface area contributed by atoms with Crippen LogP contribution in [0.1, 0.15) is 96.6 Å². The Morgan fingerprint density at radius 2 is 1.90 bits per heavy atom. The number of ether oxygens (including phenoxy) is 1. The number of carboxylic acids is 1. The number of rotatable bonds is 10. The highest BCUT2D eigenvalue weighted by atomic mass is 16.5. The van der Waals surface area contributed by atoms with Crippen LogP contribution >= 0.6 is 0 Å². The van der Waals surface area contributed by atoms with Crippen LogP contribution in [0, 0.1) is 5.92 Å². The molecule has 0 amide bonds. The number of aromatic hydroxyl groups is 1. The zero-order valence-corrected chi connectivity index (χ0v) is 18.6. The van der Waals surface area contributed by atoms with Crippen molar-refractivity contribution in [2.75, 3.05) is 6.61 Å². The number of benzene rings is 1. The smallest absolute Gasteiger partial charge is 0.303 e. The van der Waals surface area contributed by atoms with Gasteiger partial charge in [-0.25, -0.2) is 0 Å². The molecule has 164 valence electrons. The van der Waals surface area contributed by atoms with E-state index in [0.717, 1.165) is 18.4 Å². The van der Waals surface area contributed by atoms with Gasteiger partial charge in [-0.1, -0.05) is 46.5 Å². The normalized spacial score (nSPS) is 20.8. The second kappa shape index (κ2) is 9.38. The molecule has 0 radical (unpaired) electrons. The third-order valence-corrected chi connectivity index (χ3v) is 6.55. The highest BCUT2D eigenvalue weighted by molar-refractivity contribution is 5.66. The van der Waals surface area contributed by atoms with E-state index in [4.69, 9.17) is 9.84 Å². The lowest BCUT2D eigenvalue weighted by molar-refractivity contribution is -0.137. The van der Waals surface area contributed by atoms with E-state index in [-0.39, 0.29) is 36.0 Å². The fraction of sp³-hybridized carbons (Fsp3) is 0.708. The average molecular weight is 407 g/mol.